The van der Waals surface area contributed by atoms with Gasteiger partial charge in [0.15, 0.2) is 5.76 Å². The van der Waals surface area contributed by atoms with Gasteiger partial charge in [-0.15, -0.1) is 0 Å². The van der Waals surface area contributed by atoms with Gasteiger partial charge in [0, 0.05) is 18.2 Å². The van der Waals surface area contributed by atoms with Crippen molar-refractivity contribution in [1.82, 2.24) is 4.90 Å². The number of hydrogen-bond acceptors (Lipinski definition) is 6. The molecule has 2 aliphatic rings. The highest BCUT2D eigenvalue weighted by Gasteiger charge is 2.28. The minimum absolute atomic E-state index is 0.162. The molecule has 0 bridgehead atoms. The number of nitrogens with zero attached hydrogens (tertiary/aromatic N) is 1. The number of allylic oxidation sites excluding steroid dienone is 1. The van der Waals surface area contributed by atoms with Gasteiger partial charge in [-0.25, -0.2) is 0 Å². The van der Waals surface area contributed by atoms with Gasteiger partial charge in [-0.05, 0) is 80.2 Å². The van der Waals surface area contributed by atoms with Crippen molar-refractivity contribution < 1.29 is 23.7 Å². The highest BCUT2D eigenvalue weighted by atomic mass is 16.5. The van der Waals surface area contributed by atoms with Gasteiger partial charge in [-0.1, -0.05) is 30.3 Å². The van der Waals surface area contributed by atoms with E-state index >= 15 is 0 Å². The number of hydrogen-bond donors (Lipinski definition) is 0. The Kier molecular flexibility index (Phi) is 7.76. The molecule has 0 saturated carbocycles. The van der Waals surface area contributed by atoms with E-state index in [9.17, 15) is 4.79 Å². The van der Waals surface area contributed by atoms with Crippen LogP contribution in [0.15, 0.2) is 72.5 Å². The molecule has 0 N–H and O–H groups in total. The van der Waals surface area contributed by atoms with Crippen LogP contribution in [0.5, 0.6) is 23.0 Å². The van der Waals surface area contributed by atoms with Crippen LogP contribution in [0.25, 0.3) is 6.08 Å². The van der Waals surface area contributed by atoms with Crippen molar-refractivity contribution in [2.24, 2.45) is 5.92 Å². The Morgan fingerprint density at radius 3 is 2.49 bits per heavy atom. The molecule has 0 atom stereocenters. The van der Waals surface area contributed by atoms with Gasteiger partial charge in [0.25, 0.3) is 0 Å². The summed E-state index contributed by atoms with van der Waals surface area (Å²) >= 11 is 0. The fourth-order valence-electron chi connectivity index (χ4n) is 5.00. The summed E-state index contributed by atoms with van der Waals surface area (Å²) in [6, 6.07) is 21.6. The van der Waals surface area contributed by atoms with Gasteiger partial charge in [-0.2, -0.15) is 0 Å². The van der Waals surface area contributed by atoms with E-state index in [4.69, 9.17) is 18.9 Å². The van der Waals surface area contributed by atoms with E-state index in [1.165, 1.54) is 24.8 Å². The molecule has 6 heteroatoms. The summed E-state index contributed by atoms with van der Waals surface area (Å²) in [4.78, 5) is 15.4. The second-order valence-electron chi connectivity index (χ2n) is 9.53. The fraction of sp³-hybridized carbons (Fsp3) is 0.323. The summed E-state index contributed by atoms with van der Waals surface area (Å²) in [5.74, 6) is 3.36. The van der Waals surface area contributed by atoms with Crippen LogP contribution < -0.4 is 18.9 Å². The first-order valence-corrected chi connectivity index (χ1v) is 12.8. The number of rotatable bonds is 9. The third kappa shape index (κ3) is 5.97. The van der Waals surface area contributed by atoms with Crippen molar-refractivity contribution in [3.63, 3.8) is 0 Å². The smallest absolute Gasteiger partial charge is 0.231 e. The van der Waals surface area contributed by atoms with Crippen LogP contribution in [0, 0.1) is 5.92 Å². The Labute approximate surface area is 218 Å². The van der Waals surface area contributed by atoms with Gasteiger partial charge in [0.05, 0.1) is 19.8 Å². The normalized spacial score (nSPS) is 16.9. The lowest BCUT2D eigenvalue weighted by atomic mass is 9.90. The molecule has 1 fully saturated rings. The third-order valence-electron chi connectivity index (χ3n) is 7.12. The van der Waals surface area contributed by atoms with Crippen molar-refractivity contribution in [1.29, 1.82) is 0 Å². The summed E-state index contributed by atoms with van der Waals surface area (Å²) in [7, 11) is 3.19. The van der Waals surface area contributed by atoms with Crippen LogP contribution in [0.4, 0.5) is 0 Å². The van der Waals surface area contributed by atoms with Crippen molar-refractivity contribution >= 4 is 11.9 Å². The summed E-state index contributed by atoms with van der Waals surface area (Å²) < 4.78 is 22.7. The van der Waals surface area contributed by atoms with Gasteiger partial charge >= 0.3 is 0 Å². The molecule has 2 heterocycles. The zero-order valence-corrected chi connectivity index (χ0v) is 21.4. The number of carbonyl (C=O) groups is 1. The van der Waals surface area contributed by atoms with Crippen LogP contribution in [0.1, 0.15) is 34.3 Å². The molecule has 0 aromatic heterocycles. The number of ether oxygens (including phenoxy) is 4. The molecule has 2 aliphatic heterocycles. The number of ketones is 1. The monoisotopic (exact) mass is 499 g/mol. The predicted octanol–water partition coefficient (Wildman–Crippen LogP) is 5.65. The van der Waals surface area contributed by atoms with Crippen LogP contribution in [0.2, 0.25) is 0 Å². The molecule has 6 nitrogen and oxygen atoms in total. The lowest BCUT2D eigenvalue weighted by Crippen LogP contribution is -2.37. The van der Waals surface area contributed by atoms with Crippen LogP contribution in [0.3, 0.4) is 0 Å². The maximum absolute atomic E-state index is 12.9. The van der Waals surface area contributed by atoms with Crippen LogP contribution >= 0.6 is 0 Å². The zero-order chi connectivity index (χ0) is 25.6. The molecule has 192 valence electrons. The van der Waals surface area contributed by atoms with E-state index < -0.39 is 0 Å². The SMILES string of the molecule is COc1ccc(OC)c(/C=C2\Oc3cc(OCCN4CCC(Cc5ccccc5)CC4)ccc3C2=O)c1. The summed E-state index contributed by atoms with van der Waals surface area (Å²) in [5, 5.41) is 0. The molecule has 0 unspecified atom stereocenters. The molecule has 0 spiro atoms. The first kappa shape index (κ1) is 24.9. The first-order valence-electron chi connectivity index (χ1n) is 12.8. The maximum atomic E-state index is 12.9. The van der Waals surface area contributed by atoms with Gasteiger partial charge in [-0.3, -0.25) is 9.69 Å². The Hall–Kier alpha value is -3.77. The fourth-order valence-corrected chi connectivity index (χ4v) is 5.00. The summed E-state index contributed by atoms with van der Waals surface area (Å²) in [6.45, 7) is 3.69. The molecular weight excluding hydrogens is 466 g/mol. The minimum Gasteiger partial charge on any atom is -0.497 e. The van der Waals surface area contributed by atoms with Crippen molar-refractivity contribution in [2.45, 2.75) is 19.3 Å². The Balaban J connectivity index is 1.14. The van der Waals surface area contributed by atoms with Crippen LogP contribution in [-0.2, 0) is 6.42 Å². The molecule has 3 aromatic rings. The van der Waals surface area contributed by atoms with E-state index in [0.29, 0.717) is 40.7 Å². The summed E-state index contributed by atoms with van der Waals surface area (Å²) in [5.41, 5.74) is 2.67. The number of likely N-dealkylation sites (tertiary alicyclic amines) is 1. The third-order valence-corrected chi connectivity index (χ3v) is 7.12. The largest absolute Gasteiger partial charge is 0.497 e. The number of carbonyl (C=O) groups excluding carboxylic acids is 1. The average molecular weight is 500 g/mol. The number of methoxy groups -OCH3 is 2. The number of benzene rings is 3. The highest BCUT2D eigenvalue weighted by molar-refractivity contribution is 6.14. The predicted molar refractivity (Wildman–Crippen MR) is 144 cm³/mol. The molecule has 1 saturated heterocycles. The molecule has 0 amide bonds. The number of Topliss-reactive ketones (excluding diaryl/α,β-unsaturated/α-hetero) is 1. The molecule has 3 aromatic carbocycles. The average Bonchev–Trinajstić information content (AvgIpc) is 3.24. The molecule has 0 radical (unpaired) electrons. The standard InChI is InChI=1S/C31H33NO5/c1-34-25-9-11-28(35-2)24(19-25)20-30-31(33)27-10-8-26(21-29(27)37-30)36-17-16-32-14-12-23(13-15-32)18-22-6-4-3-5-7-22/h3-11,19-21,23H,12-18H2,1-2H3/b30-20-. The van der Waals surface area contributed by atoms with E-state index in [2.05, 4.69) is 35.2 Å². The van der Waals surface area contributed by atoms with Gasteiger partial charge in [0.1, 0.15) is 29.6 Å². The van der Waals surface area contributed by atoms with Gasteiger partial charge < -0.3 is 18.9 Å². The van der Waals surface area contributed by atoms with Crippen LogP contribution in [-0.4, -0.2) is 51.1 Å². The Morgan fingerprint density at radius 1 is 0.946 bits per heavy atom. The van der Waals surface area contributed by atoms with E-state index in [-0.39, 0.29) is 11.5 Å². The second-order valence-corrected chi connectivity index (χ2v) is 9.53. The second kappa shape index (κ2) is 11.5. The molecular formula is C31H33NO5. The lowest BCUT2D eigenvalue weighted by Gasteiger charge is -2.31. The Morgan fingerprint density at radius 2 is 1.73 bits per heavy atom. The topological polar surface area (TPSA) is 57.2 Å². The summed E-state index contributed by atoms with van der Waals surface area (Å²) in [6.07, 6.45) is 5.29. The molecule has 5 rings (SSSR count). The van der Waals surface area contributed by atoms with Gasteiger partial charge in [0.2, 0.25) is 5.78 Å². The van der Waals surface area contributed by atoms with Crippen molar-refractivity contribution in [3.05, 3.63) is 89.2 Å². The molecule has 0 aliphatic carbocycles. The highest BCUT2D eigenvalue weighted by Crippen LogP contribution is 2.36. The van der Waals surface area contributed by atoms with E-state index in [1.807, 2.05) is 18.2 Å². The minimum atomic E-state index is -0.162. The number of fused-ring (bicyclic) bond motifs is 1. The quantitative estimate of drug-likeness (QED) is 0.355. The lowest BCUT2D eigenvalue weighted by molar-refractivity contribution is 0.101. The zero-order valence-electron chi connectivity index (χ0n) is 21.4. The number of piperidine rings is 1. The first-order chi connectivity index (χ1) is 18.1. The van der Waals surface area contributed by atoms with Crippen molar-refractivity contribution in [3.8, 4) is 23.0 Å². The van der Waals surface area contributed by atoms with E-state index in [1.54, 1.807) is 38.5 Å². The maximum Gasteiger partial charge on any atom is 0.231 e. The Bertz CT molecular complexity index is 1260. The molecule has 37 heavy (non-hydrogen) atoms. The van der Waals surface area contributed by atoms with E-state index in [0.717, 1.165) is 25.6 Å². The van der Waals surface area contributed by atoms with Crippen molar-refractivity contribution in [2.75, 3.05) is 40.5 Å².